The molecule has 3 rings (SSSR count). The molecule has 1 atom stereocenters. The quantitative estimate of drug-likeness (QED) is 0.309. The molecule has 0 radical (unpaired) electrons. The second kappa shape index (κ2) is 8.77. The molecule has 0 aliphatic carbocycles. The van der Waals surface area contributed by atoms with Crippen molar-refractivity contribution >= 4 is 47.9 Å². The summed E-state index contributed by atoms with van der Waals surface area (Å²) in [5, 5.41) is 0. The summed E-state index contributed by atoms with van der Waals surface area (Å²) in [5.74, 6) is -1.60. The van der Waals surface area contributed by atoms with Gasteiger partial charge in [0.15, 0.2) is 8.93 Å². The first-order chi connectivity index (χ1) is 14.1. The topological polar surface area (TPSA) is 114 Å². The van der Waals surface area contributed by atoms with E-state index in [9.17, 15) is 18.0 Å². The molecule has 1 aliphatic rings. The fraction of sp³-hybridized carbons (Fsp3) is 0.389. The van der Waals surface area contributed by atoms with Crippen LogP contribution < -0.4 is 9.74 Å². The van der Waals surface area contributed by atoms with Gasteiger partial charge in [0.25, 0.3) is 5.56 Å². The lowest BCUT2D eigenvalue weighted by molar-refractivity contribution is 0.0590. The summed E-state index contributed by atoms with van der Waals surface area (Å²) < 4.78 is 41.1. The van der Waals surface area contributed by atoms with Crippen LogP contribution in [0.15, 0.2) is 40.0 Å². The number of carbonyl (C=O) groups excluding carboxylic acids is 1. The number of hydrogen-bond donors (Lipinski definition) is 0. The monoisotopic (exact) mass is 564 g/mol. The molecule has 30 heavy (non-hydrogen) atoms. The Bertz CT molecular complexity index is 1120. The molecule has 1 aliphatic heterocycles. The van der Waals surface area contributed by atoms with E-state index in [1.807, 2.05) is 6.92 Å². The van der Waals surface area contributed by atoms with Gasteiger partial charge in [-0.25, -0.2) is 9.78 Å². The van der Waals surface area contributed by atoms with E-state index in [1.54, 1.807) is 6.07 Å². The van der Waals surface area contributed by atoms with Gasteiger partial charge >= 0.3 is 16.1 Å². The van der Waals surface area contributed by atoms with Crippen LogP contribution in [-0.2, 0) is 22.8 Å². The van der Waals surface area contributed by atoms with Crippen LogP contribution in [0.4, 0.5) is 0 Å². The predicted molar refractivity (Wildman–Crippen MR) is 114 cm³/mol. The largest absolute Gasteiger partial charge is 0.464 e. The maximum atomic E-state index is 13.4. The zero-order valence-electron chi connectivity index (χ0n) is 16.0. The lowest BCUT2D eigenvalue weighted by Crippen LogP contribution is -2.36. The number of halogens is 2. The van der Waals surface area contributed by atoms with Crippen LogP contribution >= 0.6 is 31.9 Å². The van der Waals surface area contributed by atoms with Crippen LogP contribution in [0.1, 0.15) is 35.7 Å². The maximum absolute atomic E-state index is 13.4. The molecule has 1 aromatic heterocycles. The van der Waals surface area contributed by atoms with Gasteiger partial charge in [-0.2, -0.15) is 8.42 Å². The molecule has 0 bridgehead atoms. The standard InChI is InChI=1S/C18H18Br2N2O7S/c1-3-11-9-28-10-18(19,20)17-21-13(16(24)27-2)14(15(23)22(11)17)29-30(25,26)12-7-5-4-6-8-12/h4-8,11H,3,9-10H2,1-2H3/t11-/m0/s1. The Kier molecular flexibility index (Phi) is 6.70. The number of nitrogens with zero attached hydrogens (tertiary/aromatic N) is 2. The lowest BCUT2D eigenvalue weighted by atomic mass is 10.2. The van der Waals surface area contributed by atoms with Crippen molar-refractivity contribution in [2.24, 2.45) is 0 Å². The number of methoxy groups -OCH3 is 1. The molecule has 0 fully saturated rings. The summed E-state index contributed by atoms with van der Waals surface area (Å²) in [6.45, 7) is 2.14. The molecule has 0 spiro atoms. The Labute approximate surface area is 189 Å². The van der Waals surface area contributed by atoms with Crippen molar-refractivity contribution < 1.29 is 26.9 Å². The first kappa shape index (κ1) is 22.9. The fourth-order valence-corrected chi connectivity index (χ4v) is 4.77. The van der Waals surface area contributed by atoms with Crippen molar-refractivity contribution in [3.05, 3.63) is 52.2 Å². The Morgan fingerprint density at radius 1 is 1.33 bits per heavy atom. The summed E-state index contributed by atoms with van der Waals surface area (Å²) >= 11 is 6.84. The normalized spacial score (nSPS) is 18.2. The zero-order chi connectivity index (χ0) is 22.1. The van der Waals surface area contributed by atoms with Crippen molar-refractivity contribution in [3.8, 4) is 5.75 Å². The molecule has 12 heteroatoms. The van der Waals surface area contributed by atoms with E-state index in [1.165, 1.54) is 28.8 Å². The first-order valence-corrected chi connectivity index (χ1v) is 11.8. The second-order valence-corrected chi connectivity index (χ2v) is 11.7. The van der Waals surface area contributed by atoms with Gasteiger partial charge in [-0.15, -0.1) is 0 Å². The molecule has 2 aromatic rings. The number of alkyl halides is 2. The Morgan fingerprint density at radius 2 is 2.00 bits per heavy atom. The van der Waals surface area contributed by atoms with Crippen LogP contribution in [-0.4, -0.2) is 44.3 Å². The highest BCUT2D eigenvalue weighted by atomic mass is 79.9. The molecular weight excluding hydrogens is 548 g/mol. The molecule has 0 N–H and O–H groups in total. The van der Waals surface area contributed by atoms with Crippen molar-refractivity contribution in [1.82, 2.24) is 9.55 Å². The van der Waals surface area contributed by atoms with Crippen LogP contribution in [0.3, 0.4) is 0 Å². The molecular formula is C18H18Br2N2O7S. The first-order valence-electron chi connectivity index (χ1n) is 8.82. The summed E-state index contributed by atoms with van der Waals surface area (Å²) in [6, 6.07) is 6.82. The van der Waals surface area contributed by atoms with Gasteiger partial charge in [-0.3, -0.25) is 9.36 Å². The minimum Gasteiger partial charge on any atom is -0.464 e. The number of esters is 1. The lowest BCUT2D eigenvalue weighted by Gasteiger charge is -2.23. The van der Waals surface area contributed by atoms with Gasteiger partial charge in [0.05, 0.1) is 26.4 Å². The molecule has 0 amide bonds. The number of carbonyl (C=O) groups is 1. The Morgan fingerprint density at radius 3 is 2.60 bits per heavy atom. The van der Waals surface area contributed by atoms with Gasteiger partial charge < -0.3 is 13.7 Å². The van der Waals surface area contributed by atoms with Gasteiger partial charge in [0.1, 0.15) is 10.7 Å². The molecule has 1 aromatic carbocycles. The minimum absolute atomic E-state index is 0.110. The molecule has 9 nitrogen and oxygen atoms in total. The second-order valence-electron chi connectivity index (χ2n) is 6.41. The van der Waals surface area contributed by atoms with Gasteiger partial charge in [-0.05, 0) is 18.6 Å². The van der Waals surface area contributed by atoms with E-state index in [0.29, 0.717) is 6.42 Å². The summed E-state index contributed by atoms with van der Waals surface area (Å²) in [5.41, 5.74) is -1.38. The highest BCUT2D eigenvalue weighted by Crippen LogP contribution is 2.41. The van der Waals surface area contributed by atoms with Crippen LogP contribution in [0.25, 0.3) is 0 Å². The summed E-state index contributed by atoms with van der Waals surface area (Å²) in [4.78, 5) is 29.9. The summed E-state index contributed by atoms with van der Waals surface area (Å²) in [6.07, 6.45) is 0.493. The van der Waals surface area contributed by atoms with E-state index in [2.05, 4.69) is 36.8 Å². The van der Waals surface area contributed by atoms with Crippen molar-refractivity contribution in [2.45, 2.75) is 27.5 Å². The average Bonchev–Trinajstić information content (AvgIpc) is 2.85. The molecule has 0 saturated heterocycles. The zero-order valence-corrected chi connectivity index (χ0v) is 20.0. The average molecular weight is 566 g/mol. The minimum atomic E-state index is -4.40. The van der Waals surface area contributed by atoms with Crippen molar-refractivity contribution in [2.75, 3.05) is 20.3 Å². The third kappa shape index (κ3) is 4.32. The number of benzene rings is 1. The van der Waals surface area contributed by atoms with Crippen LogP contribution in [0, 0.1) is 0 Å². The maximum Gasteiger partial charge on any atom is 0.360 e. The van der Waals surface area contributed by atoms with Gasteiger partial charge in [0.2, 0.25) is 5.75 Å². The number of ether oxygens (including phenoxy) is 2. The predicted octanol–water partition coefficient (Wildman–Crippen LogP) is 2.72. The van der Waals surface area contributed by atoms with E-state index in [4.69, 9.17) is 13.7 Å². The molecule has 0 saturated carbocycles. The van der Waals surface area contributed by atoms with Gasteiger partial charge in [0, 0.05) is 0 Å². The van der Waals surface area contributed by atoms with Crippen LogP contribution in [0.2, 0.25) is 0 Å². The van der Waals surface area contributed by atoms with Gasteiger partial charge in [-0.1, -0.05) is 57.0 Å². The van der Waals surface area contributed by atoms with E-state index >= 15 is 0 Å². The third-order valence-corrected chi connectivity index (χ3v) is 6.84. The molecule has 162 valence electrons. The number of hydrogen-bond acceptors (Lipinski definition) is 8. The third-order valence-electron chi connectivity index (χ3n) is 4.43. The van der Waals surface area contributed by atoms with Crippen molar-refractivity contribution in [1.29, 1.82) is 0 Å². The van der Waals surface area contributed by atoms with E-state index in [0.717, 1.165) is 7.11 Å². The highest BCUT2D eigenvalue weighted by molar-refractivity contribution is 9.24. The Hall–Kier alpha value is -1.76. The van der Waals surface area contributed by atoms with Crippen LogP contribution in [0.5, 0.6) is 5.75 Å². The van der Waals surface area contributed by atoms with E-state index < -0.39 is 42.4 Å². The van der Waals surface area contributed by atoms with Crippen molar-refractivity contribution in [3.63, 3.8) is 0 Å². The highest BCUT2D eigenvalue weighted by Gasteiger charge is 2.40. The number of aromatic nitrogens is 2. The molecule has 0 unspecified atom stereocenters. The molecule has 2 heterocycles. The number of fused-ring (bicyclic) bond motifs is 1. The summed E-state index contributed by atoms with van der Waals surface area (Å²) in [7, 11) is -3.31. The fourth-order valence-electron chi connectivity index (χ4n) is 2.93. The number of rotatable bonds is 5. The van der Waals surface area contributed by atoms with E-state index in [-0.39, 0.29) is 23.9 Å². The SMILES string of the molecule is CC[C@H]1COCC(Br)(Br)c2nc(C(=O)OC)c(OS(=O)(=O)c3ccccc3)c(=O)n21. The smallest absolute Gasteiger partial charge is 0.360 e. The Balaban J connectivity index is 2.28.